The molecule has 1 aliphatic heterocycles. The van der Waals surface area contributed by atoms with Crippen molar-refractivity contribution in [1.82, 2.24) is 10.6 Å². The molecular formula is C14H19N3O4S. The minimum Gasteiger partial charge on any atom is -0.355 e. The smallest absolute Gasteiger partial charge is 0.251 e. The number of anilines is 1. The molecule has 2 N–H and O–H groups in total. The first-order valence-corrected chi connectivity index (χ1v) is 8.70. The van der Waals surface area contributed by atoms with E-state index in [1.54, 1.807) is 31.2 Å². The molecule has 0 radical (unpaired) electrons. The van der Waals surface area contributed by atoms with E-state index in [1.165, 1.54) is 4.31 Å². The Bertz CT molecular complexity index is 655. The lowest BCUT2D eigenvalue weighted by Crippen LogP contribution is -2.36. The van der Waals surface area contributed by atoms with Crippen LogP contribution in [0.3, 0.4) is 0 Å². The Kier molecular flexibility index (Phi) is 5.02. The van der Waals surface area contributed by atoms with E-state index in [2.05, 4.69) is 10.6 Å². The number of hydrogen-bond donors (Lipinski definition) is 2. The number of benzene rings is 1. The number of nitrogens with one attached hydrogen (secondary N) is 2. The Morgan fingerprint density at radius 1 is 1.18 bits per heavy atom. The molecule has 1 aromatic carbocycles. The second-order valence-electron chi connectivity index (χ2n) is 4.92. The van der Waals surface area contributed by atoms with Gasteiger partial charge in [0.15, 0.2) is 0 Å². The van der Waals surface area contributed by atoms with E-state index in [9.17, 15) is 18.0 Å². The number of carbonyl (C=O) groups is 2. The molecule has 120 valence electrons. The topological polar surface area (TPSA) is 95.6 Å². The van der Waals surface area contributed by atoms with Crippen LogP contribution >= 0.6 is 0 Å². The lowest BCUT2D eigenvalue weighted by molar-refractivity contribution is -0.120. The fraction of sp³-hybridized carbons (Fsp3) is 0.429. The number of amides is 2. The van der Waals surface area contributed by atoms with Crippen molar-refractivity contribution in [3.8, 4) is 0 Å². The number of hydrogen-bond acceptors (Lipinski definition) is 4. The van der Waals surface area contributed by atoms with Gasteiger partial charge in [0.05, 0.1) is 18.0 Å². The van der Waals surface area contributed by atoms with Crippen molar-refractivity contribution >= 4 is 27.5 Å². The molecule has 1 heterocycles. The summed E-state index contributed by atoms with van der Waals surface area (Å²) < 4.78 is 25.0. The second-order valence-corrected chi connectivity index (χ2v) is 6.94. The summed E-state index contributed by atoms with van der Waals surface area (Å²) in [5.41, 5.74) is 0.933. The molecule has 1 aromatic rings. The highest BCUT2D eigenvalue weighted by Gasteiger charge is 2.28. The first-order valence-electron chi connectivity index (χ1n) is 7.09. The van der Waals surface area contributed by atoms with E-state index < -0.39 is 10.0 Å². The van der Waals surface area contributed by atoms with Gasteiger partial charge in [-0.05, 0) is 37.6 Å². The van der Waals surface area contributed by atoms with Crippen molar-refractivity contribution < 1.29 is 18.0 Å². The quantitative estimate of drug-likeness (QED) is 0.802. The average Bonchev–Trinajstić information content (AvgIpc) is 2.85. The molecule has 0 aromatic heterocycles. The maximum absolute atomic E-state index is 11.9. The number of carbonyl (C=O) groups excluding carboxylic acids is 2. The van der Waals surface area contributed by atoms with Crippen molar-refractivity contribution in [3.63, 3.8) is 0 Å². The summed E-state index contributed by atoms with van der Waals surface area (Å²) >= 11 is 0. The van der Waals surface area contributed by atoms with Crippen LogP contribution in [0.1, 0.15) is 23.7 Å². The molecular weight excluding hydrogens is 306 g/mol. The first kappa shape index (κ1) is 16.3. The summed E-state index contributed by atoms with van der Waals surface area (Å²) in [6.45, 7) is 2.68. The molecule has 0 aliphatic carbocycles. The Balaban J connectivity index is 2.00. The van der Waals surface area contributed by atoms with Gasteiger partial charge < -0.3 is 10.6 Å². The molecule has 8 heteroatoms. The van der Waals surface area contributed by atoms with Gasteiger partial charge in [-0.25, -0.2) is 8.42 Å². The first-order chi connectivity index (χ1) is 10.4. The highest BCUT2D eigenvalue weighted by atomic mass is 32.2. The molecule has 1 fully saturated rings. The summed E-state index contributed by atoms with van der Waals surface area (Å²) in [4.78, 5) is 23.2. The highest BCUT2D eigenvalue weighted by Crippen LogP contribution is 2.24. The standard InChI is InChI=1S/C14H19N3O4S/c1-2-15-13(18)10-16-14(19)11-4-6-12(7-5-11)17-8-3-9-22(17,20)21/h4-7H,2-3,8-10H2,1H3,(H,15,18)(H,16,19). The minimum atomic E-state index is -3.22. The maximum Gasteiger partial charge on any atom is 0.251 e. The summed E-state index contributed by atoms with van der Waals surface area (Å²) in [6.07, 6.45) is 0.608. The van der Waals surface area contributed by atoms with Gasteiger partial charge in [-0.3, -0.25) is 13.9 Å². The zero-order valence-electron chi connectivity index (χ0n) is 12.3. The molecule has 1 saturated heterocycles. The van der Waals surface area contributed by atoms with Crippen LogP contribution < -0.4 is 14.9 Å². The third-order valence-corrected chi connectivity index (χ3v) is 5.17. The van der Waals surface area contributed by atoms with Gasteiger partial charge in [0.2, 0.25) is 15.9 Å². The van der Waals surface area contributed by atoms with E-state index in [0.717, 1.165) is 0 Å². The van der Waals surface area contributed by atoms with E-state index in [-0.39, 0.29) is 24.1 Å². The monoisotopic (exact) mass is 325 g/mol. The normalized spacial score (nSPS) is 16.3. The fourth-order valence-corrected chi connectivity index (χ4v) is 3.80. The molecule has 0 spiro atoms. The fourth-order valence-electron chi connectivity index (χ4n) is 2.23. The van der Waals surface area contributed by atoms with Gasteiger partial charge in [0.1, 0.15) is 0 Å². The van der Waals surface area contributed by atoms with E-state index >= 15 is 0 Å². The van der Waals surface area contributed by atoms with Gasteiger partial charge in [-0.1, -0.05) is 0 Å². The molecule has 7 nitrogen and oxygen atoms in total. The van der Waals surface area contributed by atoms with Gasteiger partial charge in [0, 0.05) is 18.7 Å². The Morgan fingerprint density at radius 2 is 1.86 bits per heavy atom. The number of nitrogens with zero attached hydrogens (tertiary/aromatic N) is 1. The van der Waals surface area contributed by atoms with Crippen molar-refractivity contribution in [1.29, 1.82) is 0 Å². The molecule has 2 amide bonds. The Hall–Kier alpha value is -2.09. The average molecular weight is 325 g/mol. The summed E-state index contributed by atoms with van der Waals surface area (Å²) in [6, 6.07) is 6.31. The van der Waals surface area contributed by atoms with Crippen LogP contribution in [0, 0.1) is 0 Å². The van der Waals surface area contributed by atoms with Crippen molar-refractivity contribution in [2.24, 2.45) is 0 Å². The van der Waals surface area contributed by atoms with Crippen LogP contribution in [-0.2, 0) is 14.8 Å². The number of sulfonamides is 1. The van der Waals surface area contributed by atoms with Gasteiger partial charge >= 0.3 is 0 Å². The summed E-state index contributed by atoms with van der Waals surface area (Å²) in [7, 11) is -3.22. The van der Waals surface area contributed by atoms with Gasteiger partial charge in [0.25, 0.3) is 5.91 Å². The Morgan fingerprint density at radius 3 is 2.41 bits per heavy atom. The summed E-state index contributed by atoms with van der Waals surface area (Å²) in [5, 5.41) is 5.09. The molecule has 2 rings (SSSR count). The third kappa shape index (κ3) is 3.76. The van der Waals surface area contributed by atoms with Crippen LogP contribution in [0.15, 0.2) is 24.3 Å². The molecule has 22 heavy (non-hydrogen) atoms. The SMILES string of the molecule is CCNC(=O)CNC(=O)c1ccc(N2CCCS2(=O)=O)cc1. The molecule has 0 bridgehead atoms. The minimum absolute atomic E-state index is 0.0884. The zero-order valence-corrected chi connectivity index (χ0v) is 13.1. The van der Waals surface area contributed by atoms with E-state index in [0.29, 0.717) is 30.8 Å². The number of rotatable bonds is 5. The van der Waals surface area contributed by atoms with Crippen LogP contribution in [0.2, 0.25) is 0 Å². The summed E-state index contributed by atoms with van der Waals surface area (Å²) in [5.74, 6) is -0.473. The number of likely N-dealkylation sites (N-methyl/N-ethyl adjacent to an activating group) is 1. The zero-order chi connectivity index (χ0) is 16.2. The predicted octanol–water partition coefficient (Wildman–Crippen LogP) is 0.0924. The molecule has 0 atom stereocenters. The molecule has 1 aliphatic rings. The van der Waals surface area contributed by atoms with E-state index in [4.69, 9.17) is 0 Å². The van der Waals surface area contributed by atoms with Crippen LogP contribution in [-0.4, -0.2) is 45.6 Å². The second kappa shape index (κ2) is 6.78. The lowest BCUT2D eigenvalue weighted by Gasteiger charge is -2.17. The highest BCUT2D eigenvalue weighted by molar-refractivity contribution is 7.93. The van der Waals surface area contributed by atoms with Crippen LogP contribution in [0.5, 0.6) is 0 Å². The van der Waals surface area contributed by atoms with Gasteiger partial charge in [-0.2, -0.15) is 0 Å². The lowest BCUT2D eigenvalue weighted by atomic mass is 10.2. The van der Waals surface area contributed by atoms with Crippen LogP contribution in [0.25, 0.3) is 0 Å². The predicted molar refractivity (Wildman–Crippen MR) is 83.2 cm³/mol. The van der Waals surface area contributed by atoms with Crippen molar-refractivity contribution in [3.05, 3.63) is 29.8 Å². The largest absolute Gasteiger partial charge is 0.355 e. The Labute approximate surface area is 129 Å². The maximum atomic E-state index is 11.9. The molecule has 0 saturated carbocycles. The van der Waals surface area contributed by atoms with Gasteiger partial charge in [-0.15, -0.1) is 0 Å². The third-order valence-electron chi connectivity index (χ3n) is 3.30. The molecule has 0 unspecified atom stereocenters. The van der Waals surface area contributed by atoms with Crippen LogP contribution in [0.4, 0.5) is 5.69 Å². The van der Waals surface area contributed by atoms with E-state index in [1.807, 2.05) is 0 Å². The van der Waals surface area contributed by atoms with Crippen molar-refractivity contribution in [2.75, 3.05) is 29.7 Å². The van der Waals surface area contributed by atoms with Crippen molar-refractivity contribution in [2.45, 2.75) is 13.3 Å².